The first-order valence-electron chi connectivity index (χ1n) is 5.19. The average Bonchev–Trinajstić information content (AvgIpc) is 2.36. The van der Waals surface area contributed by atoms with Crippen molar-refractivity contribution in [2.45, 2.75) is 6.92 Å². The molecule has 0 fully saturated rings. The summed E-state index contributed by atoms with van der Waals surface area (Å²) in [4.78, 5) is 32.0. The van der Waals surface area contributed by atoms with Gasteiger partial charge in [-0.05, 0) is 6.07 Å². The van der Waals surface area contributed by atoms with Gasteiger partial charge in [0.15, 0.2) is 6.61 Å². The molecule has 0 bridgehead atoms. The third-order valence-electron chi connectivity index (χ3n) is 2.08. The number of amides is 1. The molecule has 8 heteroatoms. The molecule has 0 saturated carbocycles. The molecule has 1 N–H and O–H groups in total. The highest BCUT2D eigenvalue weighted by Crippen LogP contribution is 2.28. The standard InChI is InChI=1S/C11H12N2O6/c1-7(14)19-6-11(15)12-9-4-3-8(13(16)17)5-10(9)18-2/h3-5H,6H2,1-2H3,(H,12,15). The van der Waals surface area contributed by atoms with Crippen molar-refractivity contribution in [1.82, 2.24) is 0 Å². The van der Waals surface area contributed by atoms with Crippen molar-refractivity contribution in [1.29, 1.82) is 0 Å². The number of carbonyl (C=O) groups excluding carboxylic acids is 2. The Bertz CT molecular complexity index is 514. The summed E-state index contributed by atoms with van der Waals surface area (Å²) < 4.78 is 9.45. The van der Waals surface area contributed by atoms with Crippen LogP contribution < -0.4 is 10.1 Å². The van der Waals surface area contributed by atoms with Crippen LogP contribution in [-0.2, 0) is 14.3 Å². The van der Waals surface area contributed by atoms with Crippen molar-refractivity contribution >= 4 is 23.3 Å². The van der Waals surface area contributed by atoms with E-state index in [9.17, 15) is 19.7 Å². The molecular formula is C11H12N2O6. The number of nitrogens with one attached hydrogen (secondary N) is 1. The molecule has 0 heterocycles. The van der Waals surface area contributed by atoms with Crippen LogP contribution in [0.2, 0.25) is 0 Å². The molecule has 1 rings (SSSR count). The molecule has 8 nitrogen and oxygen atoms in total. The molecular weight excluding hydrogens is 256 g/mol. The summed E-state index contributed by atoms with van der Waals surface area (Å²) in [6, 6.07) is 3.74. The van der Waals surface area contributed by atoms with E-state index in [4.69, 9.17) is 4.74 Å². The number of rotatable bonds is 5. The van der Waals surface area contributed by atoms with E-state index in [0.29, 0.717) is 0 Å². The number of benzene rings is 1. The van der Waals surface area contributed by atoms with E-state index in [2.05, 4.69) is 10.1 Å². The molecule has 0 radical (unpaired) electrons. The van der Waals surface area contributed by atoms with Crippen LogP contribution in [0.25, 0.3) is 0 Å². The summed E-state index contributed by atoms with van der Waals surface area (Å²) in [6.07, 6.45) is 0. The Balaban J connectivity index is 2.80. The second-order valence-corrected chi connectivity index (χ2v) is 3.47. The monoisotopic (exact) mass is 268 g/mol. The average molecular weight is 268 g/mol. The zero-order valence-electron chi connectivity index (χ0n) is 10.3. The quantitative estimate of drug-likeness (QED) is 0.486. The van der Waals surface area contributed by atoms with Gasteiger partial charge in [0, 0.05) is 13.0 Å². The SMILES string of the molecule is COc1cc([N+](=O)[O-])ccc1NC(=O)COC(C)=O. The van der Waals surface area contributed by atoms with Crippen molar-refractivity contribution in [2.24, 2.45) is 0 Å². The molecule has 102 valence electrons. The fourth-order valence-corrected chi connectivity index (χ4v) is 1.25. The molecule has 0 spiro atoms. The third-order valence-corrected chi connectivity index (χ3v) is 2.08. The molecule has 1 amide bonds. The number of nitro groups is 1. The summed E-state index contributed by atoms with van der Waals surface area (Å²) in [5.41, 5.74) is 0.0973. The zero-order chi connectivity index (χ0) is 14.4. The van der Waals surface area contributed by atoms with Crippen LogP contribution >= 0.6 is 0 Å². The third kappa shape index (κ3) is 4.26. The Hall–Kier alpha value is -2.64. The highest BCUT2D eigenvalue weighted by molar-refractivity contribution is 5.94. The van der Waals surface area contributed by atoms with Crippen LogP contribution in [0.5, 0.6) is 5.75 Å². The minimum absolute atomic E-state index is 0.144. The van der Waals surface area contributed by atoms with Gasteiger partial charge in [0.25, 0.3) is 11.6 Å². The number of ether oxygens (including phenoxy) is 2. The van der Waals surface area contributed by atoms with Gasteiger partial charge in [-0.15, -0.1) is 0 Å². The van der Waals surface area contributed by atoms with Crippen molar-refractivity contribution < 1.29 is 24.0 Å². The second kappa shape index (κ2) is 6.34. The maximum Gasteiger partial charge on any atom is 0.303 e. The van der Waals surface area contributed by atoms with Crippen LogP contribution in [0.1, 0.15) is 6.92 Å². The van der Waals surface area contributed by atoms with Crippen LogP contribution in [-0.4, -0.2) is 30.5 Å². The molecule has 0 aliphatic rings. The largest absolute Gasteiger partial charge is 0.494 e. The number of hydrogen-bond donors (Lipinski definition) is 1. The van der Waals surface area contributed by atoms with Crippen LogP contribution in [0.3, 0.4) is 0 Å². The maximum atomic E-state index is 11.4. The first kappa shape index (κ1) is 14.4. The molecule has 0 unspecified atom stereocenters. The topological polar surface area (TPSA) is 108 Å². The molecule has 0 atom stereocenters. The first-order valence-corrected chi connectivity index (χ1v) is 5.19. The van der Waals surface area contributed by atoms with Gasteiger partial charge in [0.2, 0.25) is 0 Å². The summed E-state index contributed by atoms with van der Waals surface area (Å²) in [5, 5.41) is 13.0. The number of carbonyl (C=O) groups is 2. The number of esters is 1. The fourth-order valence-electron chi connectivity index (χ4n) is 1.25. The molecule has 0 saturated heterocycles. The van der Waals surface area contributed by atoms with E-state index in [1.165, 1.54) is 32.2 Å². The van der Waals surface area contributed by atoms with Gasteiger partial charge in [-0.3, -0.25) is 19.7 Å². The van der Waals surface area contributed by atoms with E-state index in [1.54, 1.807) is 0 Å². The van der Waals surface area contributed by atoms with Gasteiger partial charge in [-0.25, -0.2) is 0 Å². The normalized spacial score (nSPS) is 9.58. The summed E-state index contributed by atoms with van der Waals surface area (Å²) >= 11 is 0. The Morgan fingerprint density at radius 1 is 1.42 bits per heavy atom. The lowest BCUT2D eigenvalue weighted by Crippen LogP contribution is -2.20. The van der Waals surface area contributed by atoms with E-state index in [1.807, 2.05) is 0 Å². The van der Waals surface area contributed by atoms with Gasteiger partial charge < -0.3 is 14.8 Å². The minimum atomic E-state index is -0.578. The van der Waals surface area contributed by atoms with Crippen molar-refractivity contribution in [3.63, 3.8) is 0 Å². The number of non-ortho nitro benzene ring substituents is 1. The van der Waals surface area contributed by atoms with Gasteiger partial charge in [-0.1, -0.05) is 0 Å². The Labute approximate surface area is 108 Å². The Morgan fingerprint density at radius 3 is 2.63 bits per heavy atom. The van der Waals surface area contributed by atoms with Gasteiger partial charge in [0.1, 0.15) is 5.75 Å². The smallest absolute Gasteiger partial charge is 0.303 e. The van der Waals surface area contributed by atoms with Crippen molar-refractivity contribution in [2.75, 3.05) is 19.0 Å². The second-order valence-electron chi connectivity index (χ2n) is 3.47. The molecule has 0 aliphatic carbocycles. The Kier molecular flexibility index (Phi) is 4.81. The zero-order valence-corrected chi connectivity index (χ0v) is 10.3. The molecule has 1 aromatic carbocycles. The predicted molar refractivity (Wildman–Crippen MR) is 64.9 cm³/mol. The van der Waals surface area contributed by atoms with E-state index in [-0.39, 0.29) is 17.1 Å². The fraction of sp³-hybridized carbons (Fsp3) is 0.273. The summed E-state index contributed by atoms with van der Waals surface area (Å²) in [6.45, 7) is 0.745. The lowest BCUT2D eigenvalue weighted by atomic mass is 10.2. The molecule has 19 heavy (non-hydrogen) atoms. The lowest BCUT2D eigenvalue weighted by Gasteiger charge is -2.09. The highest BCUT2D eigenvalue weighted by Gasteiger charge is 2.13. The number of hydrogen-bond acceptors (Lipinski definition) is 6. The number of methoxy groups -OCH3 is 1. The molecule has 0 aromatic heterocycles. The number of nitro benzene ring substituents is 1. The molecule has 0 aliphatic heterocycles. The van der Waals surface area contributed by atoms with Crippen LogP contribution in [0.4, 0.5) is 11.4 Å². The predicted octanol–water partition coefficient (Wildman–Crippen LogP) is 1.10. The number of anilines is 1. The minimum Gasteiger partial charge on any atom is -0.494 e. The van der Waals surface area contributed by atoms with Gasteiger partial charge in [-0.2, -0.15) is 0 Å². The first-order chi connectivity index (χ1) is 8.93. The summed E-state index contributed by atoms with van der Waals surface area (Å²) in [7, 11) is 1.32. The van der Waals surface area contributed by atoms with Crippen molar-refractivity contribution in [3.05, 3.63) is 28.3 Å². The van der Waals surface area contributed by atoms with Gasteiger partial charge in [0.05, 0.1) is 23.8 Å². The maximum absolute atomic E-state index is 11.4. The van der Waals surface area contributed by atoms with Crippen molar-refractivity contribution in [3.8, 4) is 5.75 Å². The molecule has 1 aromatic rings. The van der Waals surface area contributed by atoms with E-state index < -0.39 is 23.4 Å². The van der Waals surface area contributed by atoms with E-state index >= 15 is 0 Å². The lowest BCUT2D eigenvalue weighted by molar-refractivity contribution is -0.384. The highest BCUT2D eigenvalue weighted by atomic mass is 16.6. The van der Waals surface area contributed by atoms with E-state index in [0.717, 1.165) is 0 Å². The van der Waals surface area contributed by atoms with Crippen LogP contribution in [0.15, 0.2) is 18.2 Å². The number of nitrogens with zero attached hydrogens (tertiary/aromatic N) is 1. The summed E-state index contributed by atoms with van der Waals surface area (Å²) in [5.74, 6) is -1.00. The van der Waals surface area contributed by atoms with Crippen LogP contribution in [0, 0.1) is 10.1 Å². The Morgan fingerprint density at radius 2 is 2.11 bits per heavy atom. The van der Waals surface area contributed by atoms with Gasteiger partial charge >= 0.3 is 5.97 Å².